The summed E-state index contributed by atoms with van der Waals surface area (Å²) in [5, 5.41) is 2.90. The second kappa shape index (κ2) is 10.4. The van der Waals surface area contributed by atoms with E-state index in [1.807, 2.05) is 24.3 Å². The molecule has 0 spiro atoms. The van der Waals surface area contributed by atoms with Crippen LogP contribution in [-0.2, 0) is 14.8 Å². The summed E-state index contributed by atoms with van der Waals surface area (Å²) < 4.78 is 33.5. The minimum atomic E-state index is -3.59. The van der Waals surface area contributed by atoms with Gasteiger partial charge in [0.05, 0.1) is 16.3 Å². The third-order valence-electron chi connectivity index (χ3n) is 6.00. The third-order valence-corrected chi connectivity index (χ3v) is 7.90. The van der Waals surface area contributed by atoms with Crippen LogP contribution in [0.3, 0.4) is 0 Å². The number of sulfonamides is 1. The van der Waals surface area contributed by atoms with Crippen LogP contribution in [0.1, 0.15) is 38.5 Å². The highest BCUT2D eigenvalue weighted by Crippen LogP contribution is 2.32. The highest BCUT2D eigenvalue weighted by Gasteiger charge is 2.27. The molecule has 1 amide bonds. The van der Waals surface area contributed by atoms with E-state index >= 15 is 0 Å². The van der Waals surface area contributed by atoms with Gasteiger partial charge in [-0.15, -0.1) is 0 Å². The lowest BCUT2D eigenvalue weighted by Gasteiger charge is -2.31. The summed E-state index contributed by atoms with van der Waals surface area (Å²) in [6.45, 7) is 2.72. The topological polar surface area (TPSA) is 78.9 Å². The molecule has 2 aromatic carbocycles. The van der Waals surface area contributed by atoms with Crippen molar-refractivity contribution in [2.75, 3.05) is 43.0 Å². The van der Waals surface area contributed by atoms with Gasteiger partial charge in [-0.3, -0.25) is 4.79 Å². The number of hydrogen-bond acceptors (Lipinski definition) is 5. The van der Waals surface area contributed by atoms with Crippen molar-refractivity contribution >= 4 is 27.3 Å². The largest absolute Gasteiger partial charge is 0.484 e. The molecule has 2 aliphatic rings. The van der Waals surface area contributed by atoms with E-state index < -0.39 is 10.0 Å². The number of nitrogens with one attached hydrogen (secondary N) is 1. The number of piperidine rings is 2. The van der Waals surface area contributed by atoms with E-state index in [1.54, 1.807) is 28.6 Å². The van der Waals surface area contributed by atoms with Crippen molar-refractivity contribution in [3.63, 3.8) is 0 Å². The van der Waals surface area contributed by atoms with E-state index in [-0.39, 0.29) is 17.4 Å². The van der Waals surface area contributed by atoms with Crippen LogP contribution in [0.5, 0.6) is 5.75 Å². The number of benzene rings is 2. The Hall–Kier alpha value is -2.58. The number of nitrogens with zero attached hydrogens (tertiary/aromatic N) is 2. The smallest absolute Gasteiger partial charge is 0.262 e. The Labute approximate surface area is 190 Å². The molecule has 0 radical (unpaired) electrons. The van der Waals surface area contributed by atoms with Crippen LogP contribution in [0.4, 0.5) is 11.4 Å². The van der Waals surface area contributed by atoms with Gasteiger partial charge < -0.3 is 15.0 Å². The van der Waals surface area contributed by atoms with Gasteiger partial charge in [-0.25, -0.2) is 8.42 Å². The minimum Gasteiger partial charge on any atom is -0.484 e. The number of carbonyl (C=O) groups is 1. The van der Waals surface area contributed by atoms with E-state index in [4.69, 9.17) is 4.74 Å². The summed E-state index contributed by atoms with van der Waals surface area (Å²) in [5.41, 5.74) is 1.38. The molecule has 2 aromatic rings. The van der Waals surface area contributed by atoms with Gasteiger partial charge in [-0.05, 0) is 62.4 Å². The fourth-order valence-electron chi connectivity index (χ4n) is 4.29. The number of para-hydroxylation sites is 1. The third kappa shape index (κ3) is 5.42. The highest BCUT2D eigenvalue weighted by molar-refractivity contribution is 7.89. The average molecular weight is 458 g/mol. The molecule has 2 heterocycles. The SMILES string of the molecule is O=C(COc1ccccc1)Nc1cc(S(=O)(=O)N2CCCCC2)ccc1N1CCCCC1. The van der Waals surface area contributed by atoms with Crippen LogP contribution in [-0.4, -0.2) is 51.4 Å². The molecular formula is C24H31N3O4S. The molecule has 0 aliphatic carbocycles. The maximum atomic E-state index is 13.2. The molecule has 2 saturated heterocycles. The van der Waals surface area contributed by atoms with Gasteiger partial charge in [-0.2, -0.15) is 4.31 Å². The lowest BCUT2D eigenvalue weighted by atomic mass is 10.1. The number of anilines is 2. The molecule has 7 nitrogen and oxygen atoms in total. The Morgan fingerprint density at radius 2 is 1.53 bits per heavy atom. The first-order valence-electron chi connectivity index (χ1n) is 11.4. The number of rotatable bonds is 7. The van der Waals surface area contributed by atoms with Crippen LogP contribution in [0.15, 0.2) is 53.4 Å². The zero-order chi connectivity index (χ0) is 22.4. The van der Waals surface area contributed by atoms with Crippen LogP contribution in [0.2, 0.25) is 0 Å². The first-order valence-corrected chi connectivity index (χ1v) is 12.8. The Kier molecular flexibility index (Phi) is 7.32. The molecule has 0 aromatic heterocycles. The van der Waals surface area contributed by atoms with E-state index in [1.165, 1.54) is 6.42 Å². The van der Waals surface area contributed by atoms with E-state index in [0.717, 1.165) is 50.9 Å². The Morgan fingerprint density at radius 1 is 0.875 bits per heavy atom. The van der Waals surface area contributed by atoms with E-state index in [0.29, 0.717) is 24.5 Å². The van der Waals surface area contributed by atoms with E-state index in [9.17, 15) is 13.2 Å². The zero-order valence-corrected chi connectivity index (χ0v) is 19.1. The van der Waals surface area contributed by atoms with Crippen LogP contribution >= 0.6 is 0 Å². The summed E-state index contributed by atoms with van der Waals surface area (Å²) in [4.78, 5) is 15.1. The van der Waals surface area contributed by atoms with Gasteiger partial charge >= 0.3 is 0 Å². The van der Waals surface area contributed by atoms with Gasteiger partial charge in [0, 0.05) is 26.2 Å². The summed E-state index contributed by atoms with van der Waals surface area (Å²) in [6, 6.07) is 14.3. The molecule has 172 valence electrons. The van der Waals surface area contributed by atoms with Crippen molar-refractivity contribution in [2.45, 2.75) is 43.4 Å². The summed E-state index contributed by atoms with van der Waals surface area (Å²) in [6.07, 6.45) is 6.17. The summed E-state index contributed by atoms with van der Waals surface area (Å²) >= 11 is 0. The van der Waals surface area contributed by atoms with Crippen molar-refractivity contribution in [3.8, 4) is 5.75 Å². The minimum absolute atomic E-state index is 0.146. The Bertz CT molecular complexity index is 1010. The predicted molar refractivity (Wildman–Crippen MR) is 126 cm³/mol. The van der Waals surface area contributed by atoms with Crippen molar-refractivity contribution in [1.29, 1.82) is 0 Å². The maximum absolute atomic E-state index is 13.2. The van der Waals surface area contributed by atoms with Gasteiger partial charge in [0.1, 0.15) is 5.75 Å². The first-order chi connectivity index (χ1) is 15.5. The molecule has 8 heteroatoms. The molecule has 0 atom stereocenters. The Morgan fingerprint density at radius 3 is 2.22 bits per heavy atom. The highest BCUT2D eigenvalue weighted by atomic mass is 32.2. The molecule has 32 heavy (non-hydrogen) atoms. The number of amides is 1. The van der Waals surface area contributed by atoms with Gasteiger partial charge in [-0.1, -0.05) is 24.6 Å². The quantitative estimate of drug-likeness (QED) is 0.683. The average Bonchev–Trinajstić information content (AvgIpc) is 2.84. The number of ether oxygens (including phenoxy) is 1. The zero-order valence-electron chi connectivity index (χ0n) is 18.3. The maximum Gasteiger partial charge on any atom is 0.262 e. The molecule has 2 fully saturated rings. The molecular weight excluding hydrogens is 426 g/mol. The van der Waals surface area contributed by atoms with Crippen molar-refractivity contribution in [3.05, 3.63) is 48.5 Å². The molecule has 1 N–H and O–H groups in total. The number of hydrogen-bond donors (Lipinski definition) is 1. The predicted octanol–water partition coefficient (Wildman–Crippen LogP) is 3.87. The lowest BCUT2D eigenvalue weighted by molar-refractivity contribution is -0.118. The van der Waals surface area contributed by atoms with Crippen molar-refractivity contribution < 1.29 is 17.9 Å². The molecule has 4 rings (SSSR count). The molecule has 0 saturated carbocycles. The second-order valence-corrected chi connectivity index (χ2v) is 10.3. The fourth-order valence-corrected chi connectivity index (χ4v) is 5.84. The molecule has 2 aliphatic heterocycles. The monoisotopic (exact) mass is 457 g/mol. The lowest BCUT2D eigenvalue weighted by Crippen LogP contribution is -2.36. The van der Waals surface area contributed by atoms with Crippen LogP contribution in [0, 0.1) is 0 Å². The fraction of sp³-hybridized carbons (Fsp3) is 0.458. The van der Waals surface area contributed by atoms with Crippen molar-refractivity contribution in [1.82, 2.24) is 4.31 Å². The molecule has 0 bridgehead atoms. The standard InChI is InChI=1S/C24H31N3O4S/c28-24(19-31-20-10-4-1-5-11-20)25-22-18-21(32(29,30)27-16-8-3-9-17-27)12-13-23(22)26-14-6-2-7-15-26/h1,4-5,10-13,18H,2-3,6-9,14-17,19H2,(H,25,28). The van der Waals surface area contributed by atoms with Crippen molar-refractivity contribution in [2.24, 2.45) is 0 Å². The number of carbonyl (C=O) groups excluding carboxylic acids is 1. The van der Waals surface area contributed by atoms with Gasteiger partial charge in [0.2, 0.25) is 10.0 Å². The first kappa shape index (κ1) is 22.6. The molecule has 0 unspecified atom stereocenters. The summed E-state index contributed by atoms with van der Waals surface area (Å²) in [7, 11) is -3.59. The van der Waals surface area contributed by atoms with Crippen LogP contribution < -0.4 is 15.0 Å². The van der Waals surface area contributed by atoms with Gasteiger partial charge in [0.25, 0.3) is 5.91 Å². The van der Waals surface area contributed by atoms with Crippen LogP contribution in [0.25, 0.3) is 0 Å². The second-order valence-electron chi connectivity index (χ2n) is 8.34. The van der Waals surface area contributed by atoms with Gasteiger partial charge in [0.15, 0.2) is 6.61 Å². The van der Waals surface area contributed by atoms with E-state index in [2.05, 4.69) is 10.2 Å². The Balaban J connectivity index is 1.56. The normalized spacial score (nSPS) is 17.7. The summed E-state index contributed by atoms with van der Waals surface area (Å²) in [5.74, 6) is 0.292.